The van der Waals surface area contributed by atoms with Crippen LogP contribution < -0.4 is 0 Å². The van der Waals surface area contributed by atoms with E-state index >= 15 is 0 Å². The molecule has 0 rings (SSSR count). The molecule has 2 radical (unpaired) electrons. The first-order chi connectivity index (χ1) is 0. The minimum atomic E-state index is 0. The molecular weight excluding hydrogens is 314 g/mol. The second kappa shape index (κ2) is 28.1. The summed E-state index contributed by atoms with van der Waals surface area (Å²) in [4.78, 5) is 0. The summed E-state index contributed by atoms with van der Waals surface area (Å²) in [5.41, 5.74) is 0. The molecule has 0 nitrogen and oxygen atoms in total. The molecule has 0 saturated heterocycles. The van der Waals surface area contributed by atoms with E-state index in [1.807, 2.05) is 0 Å². The first kappa shape index (κ1) is 43.8. The molecule has 0 atom stereocenters. The van der Waals surface area contributed by atoms with Crippen molar-refractivity contribution in [3.8, 4) is 0 Å². The maximum absolute atomic E-state index is 0. The standard InChI is InChI=1S/Co.Fe.Nb.Ni.Ti. The Balaban J connectivity index is 0. The Morgan fingerprint density at radius 2 is 1.00 bits per heavy atom. The number of rotatable bonds is 0. The van der Waals surface area contributed by atoms with Crippen LogP contribution in [0.3, 0.4) is 0 Å². The van der Waals surface area contributed by atoms with E-state index < -0.39 is 0 Å². The van der Waals surface area contributed by atoms with Gasteiger partial charge in [0.05, 0.1) is 0 Å². The fraction of sp³-hybridized carbons (Fsp3) is 0. The van der Waals surface area contributed by atoms with Gasteiger partial charge >= 0.3 is 0 Å². The van der Waals surface area contributed by atoms with Gasteiger partial charge in [0.25, 0.3) is 0 Å². The summed E-state index contributed by atoms with van der Waals surface area (Å²) in [5, 5.41) is 0. The van der Waals surface area contributed by atoms with Gasteiger partial charge < -0.3 is 0 Å². The third kappa shape index (κ3) is 19.5. The molecule has 0 heterocycles. The van der Waals surface area contributed by atoms with Crippen LogP contribution in [0.1, 0.15) is 0 Å². The van der Waals surface area contributed by atoms with Crippen molar-refractivity contribution in [3.63, 3.8) is 0 Å². The molecule has 0 fully saturated rings. The molecule has 36 valence electrons. The van der Waals surface area contributed by atoms with Crippen LogP contribution in [0.15, 0.2) is 0 Å². The maximum atomic E-state index is 0. The van der Waals surface area contributed by atoms with Crippen molar-refractivity contribution >= 4 is 0 Å². The normalized spacial score (nSPS) is 0. The van der Waals surface area contributed by atoms with Gasteiger partial charge in [0, 0.05) is 94.4 Å². The van der Waals surface area contributed by atoms with E-state index in [4.69, 9.17) is 0 Å². The Labute approximate surface area is 93.0 Å². The molecule has 0 amide bonds. The summed E-state index contributed by atoms with van der Waals surface area (Å²) in [6.45, 7) is 0. The summed E-state index contributed by atoms with van der Waals surface area (Å²) in [6, 6.07) is 0. The number of hydrogen-bond acceptors (Lipinski definition) is 0. The molecule has 5 heteroatoms. The van der Waals surface area contributed by atoms with E-state index in [1.165, 1.54) is 0 Å². The zero-order valence-electron chi connectivity index (χ0n) is 1.95. The zero-order valence-corrected chi connectivity index (χ0v) is 8.84. The third-order valence-corrected chi connectivity index (χ3v) is 0. The van der Waals surface area contributed by atoms with Gasteiger partial charge in [0.2, 0.25) is 0 Å². The minimum Gasteiger partial charge on any atom is 0 e. The molecule has 0 aliphatic carbocycles. The predicted molar refractivity (Wildman–Crippen MR) is 0 cm³/mol. The molecule has 0 saturated carbocycles. The van der Waals surface area contributed by atoms with Crippen molar-refractivity contribution in [2.24, 2.45) is 0 Å². The molecule has 0 aliphatic heterocycles. The van der Waals surface area contributed by atoms with Gasteiger partial charge in [-0.25, -0.2) is 0 Å². The molecule has 0 spiro atoms. The Morgan fingerprint density at radius 1 is 1.00 bits per heavy atom. The minimum absolute atomic E-state index is 0. The molecule has 0 N–H and O–H groups in total. The van der Waals surface area contributed by atoms with Crippen LogP contribution in [0.25, 0.3) is 0 Å². The van der Waals surface area contributed by atoms with Crippen molar-refractivity contribution < 1.29 is 94.4 Å². The van der Waals surface area contributed by atoms with E-state index in [-0.39, 0.29) is 94.4 Å². The van der Waals surface area contributed by atoms with E-state index in [9.17, 15) is 0 Å². The smallest absolute Gasteiger partial charge is 0 e. The van der Waals surface area contributed by atoms with Crippen LogP contribution >= 0.6 is 0 Å². The fourth-order valence-electron chi connectivity index (χ4n) is 0. The largest absolute Gasteiger partial charge is 0 e. The molecular formula is CoFeNbNiTi. The molecule has 0 aromatic heterocycles. The van der Waals surface area contributed by atoms with Gasteiger partial charge in [0.15, 0.2) is 0 Å². The van der Waals surface area contributed by atoms with Gasteiger partial charge in [-0.3, -0.25) is 0 Å². The first-order valence-electron chi connectivity index (χ1n) is 0. The Hall–Kier alpha value is 2.97. The van der Waals surface area contributed by atoms with Crippen molar-refractivity contribution in [1.29, 1.82) is 0 Å². The van der Waals surface area contributed by atoms with Crippen LogP contribution in [0.4, 0.5) is 0 Å². The summed E-state index contributed by atoms with van der Waals surface area (Å²) < 4.78 is 0. The van der Waals surface area contributed by atoms with Crippen LogP contribution in [0, 0.1) is 0 Å². The van der Waals surface area contributed by atoms with E-state index in [0.717, 1.165) is 0 Å². The Kier molecular flexibility index (Phi) is 247. The van der Waals surface area contributed by atoms with E-state index in [0.29, 0.717) is 0 Å². The second-order valence-corrected chi connectivity index (χ2v) is 0. The molecule has 5 heavy (non-hydrogen) atoms. The summed E-state index contributed by atoms with van der Waals surface area (Å²) in [6.07, 6.45) is 0. The van der Waals surface area contributed by atoms with Crippen molar-refractivity contribution in [2.75, 3.05) is 0 Å². The number of hydrogen-bond donors (Lipinski definition) is 0. The molecule has 0 aliphatic rings. The summed E-state index contributed by atoms with van der Waals surface area (Å²) in [5.74, 6) is 0. The molecule has 0 aromatic rings. The van der Waals surface area contributed by atoms with Crippen LogP contribution in [-0.2, 0) is 94.4 Å². The molecule has 0 bridgehead atoms. The predicted octanol–water partition coefficient (Wildman–Crippen LogP) is -0.0125. The van der Waals surface area contributed by atoms with Crippen molar-refractivity contribution in [1.82, 2.24) is 0 Å². The third-order valence-electron chi connectivity index (χ3n) is 0. The second-order valence-electron chi connectivity index (χ2n) is 0. The van der Waals surface area contributed by atoms with E-state index in [1.54, 1.807) is 0 Å². The van der Waals surface area contributed by atoms with Crippen LogP contribution in [0.5, 0.6) is 0 Å². The van der Waals surface area contributed by atoms with Gasteiger partial charge in [-0.2, -0.15) is 0 Å². The summed E-state index contributed by atoms with van der Waals surface area (Å²) >= 11 is 0. The molecule has 0 aromatic carbocycles. The molecule has 0 unspecified atom stereocenters. The van der Waals surface area contributed by atoms with Gasteiger partial charge in [0.1, 0.15) is 0 Å². The van der Waals surface area contributed by atoms with Crippen LogP contribution in [-0.4, -0.2) is 0 Å². The quantitative estimate of drug-likeness (QED) is 0.552. The van der Waals surface area contributed by atoms with Crippen molar-refractivity contribution in [3.05, 3.63) is 0 Å². The van der Waals surface area contributed by atoms with Crippen LogP contribution in [0.2, 0.25) is 0 Å². The summed E-state index contributed by atoms with van der Waals surface area (Å²) in [7, 11) is 0. The van der Waals surface area contributed by atoms with Gasteiger partial charge in [-0.15, -0.1) is 0 Å². The van der Waals surface area contributed by atoms with Gasteiger partial charge in [-0.05, 0) is 0 Å². The first-order valence-corrected chi connectivity index (χ1v) is 0. The average molecular weight is 314 g/mol. The monoisotopic (exact) mass is 314 g/mol. The maximum Gasteiger partial charge on any atom is 0 e. The van der Waals surface area contributed by atoms with Gasteiger partial charge in [-0.1, -0.05) is 0 Å². The SMILES string of the molecule is [Co].[Fe].[Nb].[Ni].[Ti]. The topological polar surface area (TPSA) is 0 Å². The Morgan fingerprint density at radius 3 is 1.00 bits per heavy atom. The Bertz CT molecular complexity index is 11.6. The average Bonchev–Trinajstić information content (AvgIpc) is 0. The fourth-order valence-corrected chi connectivity index (χ4v) is 0. The van der Waals surface area contributed by atoms with Crippen molar-refractivity contribution in [2.45, 2.75) is 0 Å². The van der Waals surface area contributed by atoms with E-state index in [2.05, 4.69) is 0 Å². The zero-order chi connectivity index (χ0) is 0.